The highest BCUT2D eigenvalue weighted by atomic mass is 15.1. The van der Waals surface area contributed by atoms with Crippen molar-refractivity contribution >= 4 is 0 Å². The molecule has 0 saturated heterocycles. The van der Waals surface area contributed by atoms with Crippen molar-refractivity contribution in [2.75, 3.05) is 6.54 Å². The average molecular weight is 237 g/mol. The van der Waals surface area contributed by atoms with Gasteiger partial charge in [-0.3, -0.25) is 0 Å². The highest BCUT2D eigenvalue weighted by Crippen LogP contribution is 2.08. The van der Waals surface area contributed by atoms with Gasteiger partial charge in [-0.2, -0.15) is 0 Å². The van der Waals surface area contributed by atoms with E-state index in [0.29, 0.717) is 0 Å². The summed E-state index contributed by atoms with van der Waals surface area (Å²) in [7, 11) is 0. The lowest BCUT2D eigenvalue weighted by Crippen LogP contribution is -2.28. The highest BCUT2D eigenvalue weighted by molar-refractivity contribution is 5.41. The van der Waals surface area contributed by atoms with Crippen LogP contribution in [0, 0.1) is 18.8 Å². The first kappa shape index (κ1) is 11.1. The number of nitrogens with zero attached hydrogens (tertiary/aromatic N) is 2. The van der Waals surface area contributed by atoms with Gasteiger partial charge in [-0.05, 0) is 30.5 Å². The van der Waals surface area contributed by atoms with E-state index in [2.05, 4.69) is 45.8 Å². The monoisotopic (exact) mass is 237 g/mol. The summed E-state index contributed by atoms with van der Waals surface area (Å²) in [5, 5.41) is 3.30. The zero-order chi connectivity index (χ0) is 12.4. The van der Waals surface area contributed by atoms with Crippen molar-refractivity contribution in [1.82, 2.24) is 14.9 Å². The molecule has 0 radical (unpaired) electrons. The molecule has 1 aliphatic rings. The van der Waals surface area contributed by atoms with E-state index in [1.165, 1.54) is 5.56 Å². The number of hydrogen-bond acceptors (Lipinski definition) is 2. The van der Waals surface area contributed by atoms with Gasteiger partial charge < -0.3 is 9.88 Å². The molecule has 90 valence electrons. The average Bonchev–Trinajstić information content (AvgIpc) is 2.80. The third kappa shape index (κ3) is 2.15. The van der Waals surface area contributed by atoms with Gasteiger partial charge in [-0.1, -0.05) is 18.1 Å². The molecule has 0 atom stereocenters. The number of rotatable bonds is 0. The van der Waals surface area contributed by atoms with E-state index in [1.54, 1.807) is 0 Å². The van der Waals surface area contributed by atoms with Crippen LogP contribution < -0.4 is 5.32 Å². The van der Waals surface area contributed by atoms with Gasteiger partial charge in [0.1, 0.15) is 11.5 Å². The molecule has 3 heteroatoms. The Kier molecular flexibility index (Phi) is 2.87. The summed E-state index contributed by atoms with van der Waals surface area (Å²) in [5.74, 6) is 7.50. The van der Waals surface area contributed by atoms with Crippen LogP contribution in [0.5, 0.6) is 0 Å². The van der Waals surface area contributed by atoms with Gasteiger partial charge in [-0.15, -0.1) is 0 Å². The van der Waals surface area contributed by atoms with Gasteiger partial charge in [-0.25, -0.2) is 4.98 Å². The van der Waals surface area contributed by atoms with E-state index >= 15 is 0 Å². The van der Waals surface area contributed by atoms with Crippen LogP contribution in [0.25, 0.3) is 0 Å². The number of fused-ring (bicyclic) bond motifs is 1. The quantitative estimate of drug-likeness (QED) is 0.707. The normalized spacial score (nSPS) is 13.6. The topological polar surface area (TPSA) is 29.9 Å². The molecule has 1 aromatic carbocycles. The molecule has 0 unspecified atom stereocenters. The molecule has 18 heavy (non-hydrogen) atoms. The molecule has 2 aromatic rings. The maximum atomic E-state index is 4.38. The second kappa shape index (κ2) is 4.67. The van der Waals surface area contributed by atoms with Crippen LogP contribution in [0.3, 0.4) is 0 Å². The number of benzene rings is 1. The minimum absolute atomic E-state index is 0.839. The van der Waals surface area contributed by atoms with E-state index in [0.717, 1.165) is 36.7 Å². The van der Waals surface area contributed by atoms with Crippen LogP contribution >= 0.6 is 0 Å². The van der Waals surface area contributed by atoms with Gasteiger partial charge in [0.15, 0.2) is 0 Å². The van der Waals surface area contributed by atoms with Crippen LogP contribution in [-0.4, -0.2) is 16.1 Å². The summed E-state index contributed by atoms with van der Waals surface area (Å²) < 4.78 is 2.19. The molecule has 0 amide bonds. The van der Waals surface area contributed by atoms with E-state index < -0.39 is 0 Å². The second-order valence-electron chi connectivity index (χ2n) is 4.51. The molecule has 0 spiro atoms. The van der Waals surface area contributed by atoms with Gasteiger partial charge in [0.2, 0.25) is 0 Å². The first-order valence-electron chi connectivity index (χ1n) is 6.17. The Morgan fingerprint density at radius 2 is 2.28 bits per heavy atom. The Hall–Kier alpha value is -2.05. The van der Waals surface area contributed by atoms with E-state index in [-0.39, 0.29) is 0 Å². The molecule has 0 saturated carbocycles. The summed E-state index contributed by atoms with van der Waals surface area (Å²) in [4.78, 5) is 4.38. The summed E-state index contributed by atoms with van der Waals surface area (Å²) in [6.07, 6.45) is 1.87. The Morgan fingerprint density at radius 1 is 1.33 bits per heavy atom. The largest absolute Gasteiger partial charge is 0.319 e. The maximum Gasteiger partial charge on any atom is 0.123 e. The van der Waals surface area contributed by atoms with Crippen molar-refractivity contribution in [2.24, 2.45) is 0 Å². The molecule has 2 heterocycles. The van der Waals surface area contributed by atoms with Crippen LogP contribution in [0.2, 0.25) is 0 Å². The number of aryl methyl sites for hydroxylation is 1. The van der Waals surface area contributed by atoms with Crippen molar-refractivity contribution < 1.29 is 0 Å². The Bertz CT molecular complexity index is 629. The molecule has 1 aromatic heterocycles. The zero-order valence-electron chi connectivity index (χ0n) is 10.4. The third-order valence-corrected chi connectivity index (χ3v) is 3.09. The molecule has 3 nitrogen and oxygen atoms in total. The van der Waals surface area contributed by atoms with Crippen molar-refractivity contribution in [3.8, 4) is 11.8 Å². The lowest BCUT2D eigenvalue weighted by atomic mass is 10.1. The maximum absolute atomic E-state index is 4.38. The van der Waals surface area contributed by atoms with Crippen molar-refractivity contribution in [3.05, 3.63) is 53.1 Å². The SMILES string of the molecule is Cc1cccc(C#Cc2cnc3n2CCNC3)c1. The van der Waals surface area contributed by atoms with Gasteiger partial charge in [0, 0.05) is 18.7 Å². The summed E-state index contributed by atoms with van der Waals surface area (Å²) >= 11 is 0. The van der Waals surface area contributed by atoms with Crippen LogP contribution in [0.15, 0.2) is 30.5 Å². The third-order valence-electron chi connectivity index (χ3n) is 3.09. The first-order chi connectivity index (χ1) is 8.83. The Balaban J connectivity index is 1.91. The lowest BCUT2D eigenvalue weighted by molar-refractivity contribution is 0.503. The summed E-state index contributed by atoms with van der Waals surface area (Å²) in [6, 6.07) is 8.25. The van der Waals surface area contributed by atoms with Crippen molar-refractivity contribution in [1.29, 1.82) is 0 Å². The summed E-state index contributed by atoms with van der Waals surface area (Å²) in [5.41, 5.74) is 3.30. The number of imidazole rings is 1. The minimum atomic E-state index is 0.839. The molecule has 3 rings (SSSR count). The van der Waals surface area contributed by atoms with E-state index in [1.807, 2.05) is 18.3 Å². The van der Waals surface area contributed by atoms with E-state index in [9.17, 15) is 0 Å². The lowest BCUT2D eigenvalue weighted by Gasteiger charge is -2.15. The van der Waals surface area contributed by atoms with Crippen molar-refractivity contribution in [3.63, 3.8) is 0 Å². The number of nitrogens with one attached hydrogen (secondary N) is 1. The van der Waals surface area contributed by atoms with Crippen LogP contribution in [-0.2, 0) is 13.1 Å². The minimum Gasteiger partial charge on any atom is -0.319 e. The first-order valence-corrected chi connectivity index (χ1v) is 6.17. The number of hydrogen-bond donors (Lipinski definition) is 1. The molecule has 1 N–H and O–H groups in total. The molecular weight excluding hydrogens is 222 g/mol. The molecule has 0 fully saturated rings. The predicted octanol–water partition coefficient (Wildman–Crippen LogP) is 1.69. The molecule has 0 bridgehead atoms. The highest BCUT2D eigenvalue weighted by Gasteiger charge is 2.11. The zero-order valence-corrected chi connectivity index (χ0v) is 10.4. The summed E-state index contributed by atoms with van der Waals surface area (Å²) in [6.45, 7) is 4.86. The Morgan fingerprint density at radius 3 is 3.17 bits per heavy atom. The van der Waals surface area contributed by atoms with E-state index in [4.69, 9.17) is 0 Å². The molecule has 0 aliphatic carbocycles. The van der Waals surface area contributed by atoms with Crippen LogP contribution in [0.1, 0.15) is 22.6 Å². The number of aromatic nitrogens is 2. The second-order valence-corrected chi connectivity index (χ2v) is 4.51. The fourth-order valence-corrected chi connectivity index (χ4v) is 2.15. The smallest absolute Gasteiger partial charge is 0.123 e. The molecule has 1 aliphatic heterocycles. The van der Waals surface area contributed by atoms with Gasteiger partial charge in [0.25, 0.3) is 0 Å². The van der Waals surface area contributed by atoms with Gasteiger partial charge >= 0.3 is 0 Å². The standard InChI is InChI=1S/C15H15N3/c1-12-3-2-4-13(9-12)5-6-14-10-17-15-11-16-7-8-18(14)15/h2-4,9-10,16H,7-8,11H2,1H3. The Labute approximate surface area is 107 Å². The fourth-order valence-electron chi connectivity index (χ4n) is 2.15. The van der Waals surface area contributed by atoms with Crippen LogP contribution in [0.4, 0.5) is 0 Å². The predicted molar refractivity (Wildman–Crippen MR) is 71.1 cm³/mol. The van der Waals surface area contributed by atoms with Gasteiger partial charge in [0.05, 0.1) is 12.7 Å². The fraction of sp³-hybridized carbons (Fsp3) is 0.267. The molecular formula is C15H15N3. The van der Waals surface area contributed by atoms with Crippen molar-refractivity contribution in [2.45, 2.75) is 20.0 Å².